The Balaban J connectivity index is 0.00000288. The number of anilines is 3. The van der Waals surface area contributed by atoms with Gasteiger partial charge in [0.05, 0.1) is 0 Å². The Morgan fingerprint density at radius 2 is 1.36 bits per heavy atom. The third-order valence-corrected chi connectivity index (χ3v) is 8.80. The molecule has 4 aromatic carbocycles. The number of allylic oxidation sites excluding steroid dienone is 2. The van der Waals surface area contributed by atoms with Crippen LogP contribution in [-0.2, 0) is 21.1 Å². The second-order valence-corrected chi connectivity index (χ2v) is 11.2. The number of pyridine rings is 1. The summed E-state index contributed by atoms with van der Waals surface area (Å²) in [7, 11) is 2.10. The van der Waals surface area contributed by atoms with E-state index in [0.29, 0.717) is 0 Å². The predicted octanol–water partition coefficient (Wildman–Crippen LogP) is 6.68. The standard InChI is InChI=1S/C36H28BN4.Pt/c1-23-17-18-38-34(19-23)26-13-15-28-30-9-5-7-11-35(30)41-36-12-8-6-10-31(36)29-16-14-27(21-33(29)37(41)32(28)20-26)40-22-39(4)24(2)25(40)3;/h5-19,22H,1-4H3;/q-3;. The van der Waals surface area contributed by atoms with Crippen molar-refractivity contribution in [1.29, 1.82) is 0 Å². The maximum Gasteiger partial charge on any atom is 0.285 e. The van der Waals surface area contributed by atoms with E-state index in [1.807, 2.05) is 12.3 Å². The zero-order valence-corrected chi connectivity index (χ0v) is 26.2. The smallest absolute Gasteiger partial charge is 0.285 e. The van der Waals surface area contributed by atoms with Crippen LogP contribution in [0.25, 0.3) is 33.5 Å². The van der Waals surface area contributed by atoms with E-state index in [1.54, 1.807) is 0 Å². The number of hydrogen-bond donors (Lipinski definition) is 0. The molecule has 0 aliphatic carbocycles. The van der Waals surface area contributed by atoms with Crippen molar-refractivity contribution in [3.8, 4) is 33.5 Å². The Morgan fingerprint density at radius 1 is 0.714 bits per heavy atom. The average Bonchev–Trinajstić information content (AvgIpc) is 3.27. The maximum atomic E-state index is 4.70. The average molecular weight is 723 g/mol. The van der Waals surface area contributed by atoms with E-state index in [2.05, 4.69) is 140 Å². The Kier molecular flexibility index (Phi) is 6.40. The van der Waals surface area contributed by atoms with Crippen LogP contribution in [0.5, 0.6) is 0 Å². The molecule has 0 radical (unpaired) electrons. The topological polar surface area (TPSA) is 22.6 Å². The van der Waals surface area contributed by atoms with Crippen molar-refractivity contribution < 1.29 is 21.1 Å². The third kappa shape index (κ3) is 3.91. The van der Waals surface area contributed by atoms with Gasteiger partial charge in [0, 0.05) is 44.3 Å². The molecule has 0 spiro atoms. The summed E-state index contributed by atoms with van der Waals surface area (Å²) in [5.41, 5.74) is 16.2. The van der Waals surface area contributed by atoms with Crippen molar-refractivity contribution >= 4 is 34.8 Å². The Bertz CT molecular complexity index is 1920. The summed E-state index contributed by atoms with van der Waals surface area (Å²) in [4.78, 5) is 11.6. The van der Waals surface area contributed by atoms with E-state index >= 15 is 0 Å². The fourth-order valence-electron chi connectivity index (χ4n) is 6.54. The molecule has 4 heterocycles. The number of hydrogen-bond acceptors (Lipinski definition) is 4. The Labute approximate surface area is 262 Å². The fraction of sp³-hybridized carbons (Fsp3) is 0.111. The zero-order valence-electron chi connectivity index (χ0n) is 23.9. The first kappa shape index (κ1) is 26.8. The summed E-state index contributed by atoms with van der Waals surface area (Å²) >= 11 is 0. The molecule has 42 heavy (non-hydrogen) atoms. The minimum absolute atomic E-state index is 0. The van der Waals surface area contributed by atoms with Crippen LogP contribution in [0.4, 0.5) is 17.1 Å². The molecule has 0 saturated carbocycles. The third-order valence-electron chi connectivity index (χ3n) is 8.80. The van der Waals surface area contributed by atoms with E-state index in [1.165, 1.54) is 50.6 Å². The predicted molar refractivity (Wildman–Crippen MR) is 169 cm³/mol. The molecular formula is C36H28BN4Pt-3. The summed E-state index contributed by atoms with van der Waals surface area (Å²) in [6.45, 7) is 8.50. The molecule has 208 valence electrons. The van der Waals surface area contributed by atoms with Crippen molar-refractivity contribution in [2.24, 2.45) is 0 Å². The van der Waals surface area contributed by atoms with Gasteiger partial charge in [0.2, 0.25) is 0 Å². The summed E-state index contributed by atoms with van der Waals surface area (Å²) in [5, 5.41) is 0. The minimum atomic E-state index is -0.0831. The number of para-hydroxylation sites is 2. The van der Waals surface area contributed by atoms with Gasteiger partial charge in [-0.15, -0.1) is 52.1 Å². The first-order chi connectivity index (χ1) is 20.0. The molecule has 0 atom stereocenters. The first-order valence-corrected chi connectivity index (χ1v) is 14.1. The number of aromatic nitrogens is 1. The van der Waals surface area contributed by atoms with Gasteiger partial charge in [-0.25, -0.2) is 0 Å². The number of benzene rings is 4. The fourth-order valence-corrected chi connectivity index (χ4v) is 6.54. The maximum absolute atomic E-state index is 4.70. The van der Waals surface area contributed by atoms with Gasteiger partial charge in [0.1, 0.15) is 0 Å². The first-order valence-electron chi connectivity index (χ1n) is 14.1. The van der Waals surface area contributed by atoms with Gasteiger partial charge in [-0.1, -0.05) is 53.6 Å². The van der Waals surface area contributed by atoms with Crippen LogP contribution in [0.2, 0.25) is 0 Å². The Hall–Kier alpha value is -4.08. The SMILES string of the molecule is CC1=C(C)N(c2[c-]c3c(cc2)-c2ccccc2N2B3c3[c-]c(-c4cc(C)ccn4)ccc3-c3ccccc32)[CH-]N1C.[Pt]. The monoisotopic (exact) mass is 722 g/mol. The van der Waals surface area contributed by atoms with E-state index in [4.69, 9.17) is 4.98 Å². The van der Waals surface area contributed by atoms with E-state index in [0.717, 1.165) is 27.9 Å². The summed E-state index contributed by atoms with van der Waals surface area (Å²) in [6, 6.07) is 38.3. The number of nitrogens with zero attached hydrogens (tertiary/aromatic N) is 4. The molecule has 3 aliphatic heterocycles. The van der Waals surface area contributed by atoms with Crippen molar-refractivity contribution in [2.45, 2.75) is 20.8 Å². The molecule has 0 bridgehead atoms. The van der Waals surface area contributed by atoms with Crippen molar-refractivity contribution in [3.05, 3.63) is 127 Å². The van der Waals surface area contributed by atoms with E-state index in [9.17, 15) is 0 Å². The van der Waals surface area contributed by atoms with Crippen molar-refractivity contribution in [1.82, 2.24) is 9.88 Å². The van der Waals surface area contributed by atoms with Crippen LogP contribution in [-0.4, -0.2) is 23.8 Å². The number of rotatable bonds is 2. The largest absolute Gasteiger partial charge is 0.508 e. The zero-order chi connectivity index (χ0) is 27.8. The quantitative estimate of drug-likeness (QED) is 0.150. The molecular weight excluding hydrogens is 694 g/mol. The van der Waals surface area contributed by atoms with Crippen LogP contribution in [0, 0.1) is 25.7 Å². The molecule has 3 aliphatic rings. The van der Waals surface area contributed by atoms with Crippen LogP contribution in [0.15, 0.2) is 103 Å². The molecule has 8 rings (SSSR count). The molecule has 4 nitrogen and oxygen atoms in total. The Morgan fingerprint density at radius 3 is 2.00 bits per heavy atom. The molecule has 0 amide bonds. The summed E-state index contributed by atoms with van der Waals surface area (Å²) < 4.78 is 0. The molecule has 0 fully saturated rings. The van der Waals surface area contributed by atoms with E-state index in [-0.39, 0.29) is 27.9 Å². The normalized spacial score (nSPS) is 14.6. The van der Waals surface area contributed by atoms with Gasteiger partial charge in [-0.2, -0.15) is 24.3 Å². The molecule has 0 saturated heterocycles. The van der Waals surface area contributed by atoms with E-state index < -0.39 is 0 Å². The molecule has 0 unspecified atom stereocenters. The molecule has 6 heteroatoms. The molecule has 1 aromatic heterocycles. The van der Waals surface area contributed by atoms with Crippen LogP contribution in [0.1, 0.15) is 19.4 Å². The van der Waals surface area contributed by atoms with Crippen molar-refractivity contribution in [2.75, 3.05) is 16.8 Å². The van der Waals surface area contributed by atoms with Gasteiger partial charge >= 0.3 is 0 Å². The van der Waals surface area contributed by atoms with Crippen LogP contribution in [0.3, 0.4) is 0 Å². The van der Waals surface area contributed by atoms with Gasteiger partial charge in [-0.3, -0.25) is 0 Å². The van der Waals surface area contributed by atoms with Crippen LogP contribution >= 0.6 is 0 Å². The van der Waals surface area contributed by atoms with Crippen LogP contribution < -0.4 is 20.6 Å². The van der Waals surface area contributed by atoms with Gasteiger partial charge in [0.15, 0.2) is 0 Å². The van der Waals surface area contributed by atoms with Gasteiger partial charge in [-0.05, 0) is 63.0 Å². The second kappa shape index (κ2) is 10.0. The van der Waals surface area contributed by atoms with Gasteiger partial charge in [0.25, 0.3) is 6.85 Å². The summed E-state index contributed by atoms with van der Waals surface area (Å²) in [5.74, 6) is 0. The minimum Gasteiger partial charge on any atom is -0.508 e. The van der Waals surface area contributed by atoms with Crippen molar-refractivity contribution in [3.63, 3.8) is 0 Å². The molecule has 5 aromatic rings. The second-order valence-electron chi connectivity index (χ2n) is 11.2. The van der Waals surface area contributed by atoms with Gasteiger partial charge < -0.3 is 19.6 Å². The number of aryl methyl sites for hydroxylation is 1. The number of fused-ring (bicyclic) bond motifs is 11. The summed E-state index contributed by atoms with van der Waals surface area (Å²) in [6.07, 6.45) is 1.88. The molecule has 0 N–H and O–H groups in total.